The first-order valence-corrected chi connectivity index (χ1v) is 6.63. The van der Waals surface area contributed by atoms with E-state index in [1.54, 1.807) is 0 Å². The van der Waals surface area contributed by atoms with Crippen LogP contribution in [0.4, 0.5) is 0 Å². The Morgan fingerprint density at radius 1 is 1.00 bits per heavy atom. The number of ether oxygens (including phenoxy) is 2. The largest absolute Gasteiger partial charge is 0.504 e. The Morgan fingerprint density at radius 3 is 2.32 bits per heavy atom. The molecular weight excluding hydrogens is 284 g/mol. The molecule has 2 aromatic carbocycles. The Labute approximate surface area is 126 Å². The van der Waals surface area contributed by atoms with E-state index in [1.807, 2.05) is 30.3 Å². The number of fused-ring (bicyclic) bond motifs is 1. The van der Waals surface area contributed by atoms with Crippen LogP contribution in [0.15, 0.2) is 51.7 Å². The van der Waals surface area contributed by atoms with Gasteiger partial charge in [0, 0.05) is 17.0 Å². The number of aromatic hydroxyl groups is 1. The molecule has 0 atom stereocenters. The van der Waals surface area contributed by atoms with Crippen molar-refractivity contribution in [3.05, 3.63) is 52.9 Å². The lowest BCUT2D eigenvalue weighted by molar-refractivity contribution is 0.331. The molecule has 0 unspecified atom stereocenters. The summed E-state index contributed by atoms with van der Waals surface area (Å²) in [5.41, 5.74) is 1.23. The van der Waals surface area contributed by atoms with Gasteiger partial charge < -0.3 is 19.0 Å². The Kier molecular flexibility index (Phi) is 3.47. The summed E-state index contributed by atoms with van der Waals surface area (Å²) < 4.78 is 15.7. The summed E-state index contributed by atoms with van der Waals surface area (Å²) in [5.74, 6) is 0.230. The van der Waals surface area contributed by atoms with E-state index in [0.717, 1.165) is 5.56 Å². The topological polar surface area (TPSA) is 68.9 Å². The van der Waals surface area contributed by atoms with Gasteiger partial charge in [-0.15, -0.1) is 0 Å². The molecule has 0 saturated heterocycles. The first kappa shape index (κ1) is 14.0. The molecule has 0 fully saturated rings. The minimum atomic E-state index is -0.502. The van der Waals surface area contributed by atoms with Crippen molar-refractivity contribution in [1.29, 1.82) is 0 Å². The van der Waals surface area contributed by atoms with Gasteiger partial charge in [-0.3, -0.25) is 0 Å². The quantitative estimate of drug-likeness (QED) is 0.752. The van der Waals surface area contributed by atoms with Crippen LogP contribution in [0.3, 0.4) is 0 Å². The van der Waals surface area contributed by atoms with E-state index < -0.39 is 5.63 Å². The molecule has 0 aliphatic rings. The van der Waals surface area contributed by atoms with Gasteiger partial charge in [0.2, 0.25) is 11.5 Å². The first-order chi connectivity index (χ1) is 10.7. The van der Waals surface area contributed by atoms with Crippen molar-refractivity contribution in [2.45, 2.75) is 0 Å². The standard InChI is InChI=1S/C17H14O5/c1-20-16-13(18)8-12-11(10-6-4-3-5-7-10)9-14(19)22-15(12)17(16)21-2/h3-9,18H,1-2H3. The van der Waals surface area contributed by atoms with Gasteiger partial charge >= 0.3 is 5.63 Å². The maximum absolute atomic E-state index is 11.9. The monoisotopic (exact) mass is 298 g/mol. The molecule has 0 aliphatic carbocycles. The number of rotatable bonds is 3. The van der Waals surface area contributed by atoms with E-state index in [9.17, 15) is 9.90 Å². The van der Waals surface area contributed by atoms with Crippen LogP contribution in [0.5, 0.6) is 17.2 Å². The number of phenols is 1. The Morgan fingerprint density at radius 2 is 1.68 bits per heavy atom. The fourth-order valence-corrected chi connectivity index (χ4v) is 2.48. The van der Waals surface area contributed by atoms with Crippen LogP contribution < -0.4 is 15.1 Å². The smallest absolute Gasteiger partial charge is 0.336 e. The van der Waals surface area contributed by atoms with E-state index in [0.29, 0.717) is 10.9 Å². The average molecular weight is 298 g/mol. The van der Waals surface area contributed by atoms with Crippen molar-refractivity contribution in [3.8, 4) is 28.4 Å². The molecule has 22 heavy (non-hydrogen) atoms. The molecule has 0 bridgehead atoms. The van der Waals surface area contributed by atoms with Crippen LogP contribution in [-0.4, -0.2) is 19.3 Å². The fraction of sp³-hybridized carbons (Fsp3) is 0.118. The van der Waals surface area contributed by atoms with Crippen molar-refractivity contribution in [2.24, 2.45) is 0 Å². The minimum Gasteiger partial charge on any atom is -0.504 e. The third kappa shape index (κ3) is 2.16. The zero-order chi connectivity index (χ0) is 15.7. The number of phenolic OH excluding ortho intramolecular Hbond substituents is 1. The maximum atomic E-state index is 11.9. The van der Waals surface area contributed by atoms with Crippen LogP contribution in [0.25, 0.3) is 22.1 Å². The van der Waals surface area contributed by atoms with Crippen LogP contribution in [0.1, 0.15) is 0 Å². The van der Waals surface area contributed by atoms with Gasteiger partial charge in [-0.25, -0.2) is 4.79 Å². The van der Waals surface area contributed by atoms with Crippen LogP contribution in [0.2, 0.25) is 0 Å². The summed E-state index contributed by atoms with van der Waals surface area (Å²) in [4.78, 5) is 11.9. The second kappa shape index (κ2) is 5.44. The van der Waals surface area contributed by atoms with E-state index in [-0.39, 0.29) is 22.8 Å². The van der Waals surface area contributed by atoms with Crippen molar-refractivity contribution < 1.29 is 19.0 Å². The Balaban J connectivity index is 2.45. The van der Waals surface area contributed by atoms with Gasteiger partial charge in [-0.05, 0) is 11.6 Å². The molecule has 5 heteroatoms. The highest BCUT2D eigenvalue weighted by Gasteiger charge is 2.20. The lowest BCUT2D eigenvalue weighted by atomic mass is 10.0. The fourth-order valence-electron chi connectivity index (χ4n) is 2.48. The van der Waals surface area contributed by atoms with Crippen molar-refractivity contribution in [2.75, 3.05) is 14.2 Å². The lowest BCUT2D eigenvalue weighted by Crippen LogP contribution is -2.01. The van der Waals surface area contributed by atoms with Gasteiger partial charge in [-0.2, -0.15) is 0 Å². The predicted octanol–water partition coefficient (Wildman–Crippen LogP) is 3.18. The minimum absolute atomic E-state index is 0.0853. The molecule has 0 saturated carbocycles. The second-order valence-corrected chi connectivity index (χ2v) is 4.68. The summed E-state index contributed by atoms with van der Waals surface area (Å²) in [6.07, 6.45) is 0. The third-order valence-electron chi connectivity index (χ3n) is 3.42. The lowest BCUT2D eigenvalue weighted by Gasteiger charge is -2.13. The van der Waals surface area contributed by atoms with Crippen molar-refractivity contribution in [3.63, 3.8) is 0 Å². The summed E-state index contributed by atoms with van der Waals surface area (Å²) in [6.45, 7) is 0. The van der Waals surface area contributed by atoms with Gasteiger partial charge in [-0.1, -0.05) is 30.3 Å². The number of hydrogen-bond donors (Lipinski definition) is 1. The summed E-state index contributed by atoms with van der Waals surface area (Å²) >= 11 is 0. The molecule has 5 nitrogen and oxygen atoms in total. The van der Waals surface area contributed by atoms with E-state index in [2.05, 4.69) is 0 Å². The van der Waals surface area contributed by atoms with Gasteiger partial charge in [0.1, 0.15) is 0 Å². The summed E-state index contributed by atoms with van der Waals surface area (Å²) in [7, 11) is 2.83. The van der Waals surface area contributed by atoms with E-state index in [4.69, 9.17) is 13.9 Å². The van der Waals surface area contributed by atoms with E-state index >= 15 is 0 Å². The molecule has 0 radical (unpaired) electrons. The number of hydrogen-bond acceptors (Lipinski definition) is 5. The molecule has 0 amide bonds. The number of benzene rings is 2. The molecule has 1 N–H and O–H groups in total. The Bertz CT molecular complexity index is 881. The normalized spacial score (nSPS) is 10.6. The summed E-state index contributed by atoms with van der Waals surface area (Å²) in [6, 6.07) is 12.3. The zero-order valence-corrected chi connectivity index (χ0v) is 12.1. The van der Waals surface area contributed by atoms with Crippen LogP contribution in [0, 0.1) is 0 Å². The van der Waals surface area contributed by atoms with Crippen LogP contribution >= 0.6 is 0 Å². The predicted molar refractivity (Wildman–Crippen MR) is 82.7 cm³/mol. The highest BCUT2D eigenvalue weighted by molar-refractivity contribution is 5.98. The van der Waals surface area contributed by atoms with Gasteiger partial charge in [0.25, 0.3) is 0 Å². The molecule has 3 aromatic rings. The molecule has 0 spiro atoms. The SMILES string of the molecule is COc1c(O)cc2c(-c3ccccc3)cc(=O)oc2c1OC. The second-order valence-electron chi connectivity index (χ2n) is 4.68. The molecule has 3 rings (SSSR count). The van der Waals surface area contributed by atoms with Gasteiger partial charge in [0.05, 0.1) is 14.2 Å². The molecule has 112 valence electrons. The molecular formula is C17H14O5. The van der Waals surface area contributed by atoms with Crippen molar-refractivity contribution >= 4 is 11.0 Å². The molecule has 0 aliphatic heterocycles. The highest BCUT2D eigenvalue weighted by Crippen LogP contribution is 2.44. The number of methoxy groups -OCH3 is 2. The highest BCUT2D eigenvalue weighted by atomic mass is 16.5. The average Bonchev–Trinajstić information content (AvgIpc) is 2.54. The van der Waals surface area contributed by atoms with Gasteiger partial charge in [0.15, 0.2) is 11.3 Å². The first-order valence-electron chi connectivity index (χ1n) is 6.63. The molecule has 1 aromatic heterocycles. The molecule has 1 heterocycles. The third-order valence-corrected chi connectivity index (χ3v) is 3.42. The van der Waals surface area contributed by atoms with Crippen molar-refractivity contribution in [1.82, 2.24) is 0 Å². The Hall–Kier alpha value is -2.95. The maximum Gasteiger partial charge on any atom is 0.336 e. The summed E-state index contributed by atoms with van der Waals surface area (Å²) in [5, 5.41) is 10.7. The van der Waals surface area contributed by atoms with E-state index in [1.165, 1.54) is 26.4 Å². The zero-order valence-electron chi connectivity index (χ0n) is 12.1. The van der Waals surface area contributed by atoms with Crippen LogP contribution in [-0.2, 0) is 0 Å².